The first-order valence-electron chi connectivity index (χ1n) is 4.37. The van der Waals surface area contributed by atoms with Crippen LogP contribution in [0.4, 0.5) is 13.2 Å². The van der Waals surface area contributed by atoms with E-state index in [1.165, 1.54) is 0 Å². The summed E-state index contributed by atoms with van der Waals surface area (Å²) in [4.78, 5) is 2.41. The summed E-state index contributed by atoms with van der Waals surface area (Å²) in [6.45, 7) is -0.255. The van der Waals surface area contributed by atoms with E-state index in [0.717, 1.165) is 0 Å². The fourth-order valence-corrected chi connectivity index (χ4v) is 1.17. The molecule has 1 atom stereocenters. The number of azide groups is 1. The molecule has 16 heavy (non-hydrogen) atoms. The van der Waals surface area contributed by atoms with Gasteiger partial charge in [-0.15, -0.1) is 0 Å². The van der Waals surface area contributed by atoms with Crippen molar-refractivity contribution in [1.82, 2.24) is 0 Å². The molecule has 1 unspecified atom stereocenters. The molecule has 0 heterocycles. The van der Waals surface area contributed by atoms with Crippen LogP contribution in [0.25, 0.3) is 10.4 Å². The minimum absolute atomic E-state index is 0.167. The summed E-state index contributed by atoms with van der Waals surface area (Å²) in [5.41, 5.74) is 7.81. The first kappa shape index (κ1) is 12.4. The van der Waals surface area contributed by atoms with E-state index in [4.69, 9.17) is 5.53 Å². The molecule has 0 aliphatic heterocycles. The zero-order chi connectivity index (χ0) is 12.1. The van der Waals surface area contributed by atoms with Gasteiger partial charge in [-0.1, -0.05) is 5.11 Å². The monoisotopic (exact) mass is 231 g/mol. The van der Waals surface area contributed by atoms with E-state index in [-0.39, 0.29) is 18.5 Å². The molecular formula is C9H8F3N3O. The molecule has 1 aromatic rings. The second kappa shape index (κ2) is 5.39. The Morgan fingerprint density at radius 2 is 1.88 bits per heavy atom. The predicted octanol–water partition coefficient (Wildman–Crippen LogP) is 2.32. The molecule has 0 fully saturated rings. The van der Waals surface area contributed by atoms with Gasteiger partial charge in [0.2, 0.25) is 0 Å². The van der Waals surface area contributed by atoms with E-state index < -0.39 is 23.6 Å². The third kappa shape index (κ3) is 3.15. The largest absolute Gasteiger partial charge is 0.393 e. The second-order valence-electron chi connectivity index (χ2n) is 3.13. The molecule has 1 N–H and O–H groups in total. The Balaban J connectivity index is 2.80. The van der Waals surface area contributed by atoms with E-state index in [2.05, 4.69) is 10.0 Å². The number of hydrogen-bond donors (Lipinski definition) is 1. The van der Waals surface area contributed by atoms with Crippen LogP contribution >= 0.6 is 0 Å². The summed E-state index contributed by atoms with van der Waals surface area (Å²) in [5.74, 6) is -3.42. The van der Waals surface area contributed by atoms with Crippen molar-refractivity contribution in [3.8, 4) is 0 Å². The molecule has 0 amide bonds. The number of rotatable bonds is 4. The van der Waals surface area contributed by atoms with Crippen molar-refractivity contribution in [2.45, 2.75) is 12.5 Å². The lowest BCUT2D eigenvalue weighted by Gasteiger charge is -2.08. The van der Waals surface area contributed by atoms with Gasteiger partial charge < -0.3 is 5.11 Å². The maximum Gasteiger partial charge on any atom is 0.161 e. The van der Waals surface area contributed by atoms with Crippen molar-refractivity contribution >= 4 is 0 Å². The number of halogens is 3. The van der Waals surface area contributed by atoms with Crippen LogP contribution in [0.15, 0.2) is 17.2 Å². The van der Waals surface area contributed by atoms with Crippen molar-refractivity contribution in [3.63, 3.8) is 0 Å². The molecule has 4 nitrogen and oxygen atoms in total. The Kier molecular flexibility index (Phi) is 4.16. The highest BCUT2D eigenvalue weighted by Crippen LogP contribution is 2.15. The molecule has 1 aromatic carbocycles. The fraction of sp³-hybridized carbons (Fsp3) is 0.333. The van der Waals surface area contributed by atoms with Crippen LogP contribution in [0, 0.1) is 17.5 Å². The summed E-state index contributed by atoms with van der Waals surface area (Å²) in [7, 11) is 0. The molecule has 0 saturated heterocycles. The zero-order valence-electron chi connectivity index (χ0n) is 8.07. The van der Waals surface area contributed by atoms with Crippen LogP contribution in [0.5, 0.6) is 0 Å². The van der Waals surface area contributed by atoms with Crippen LogP contribution in [-0.4, -0.2) is 17.8 Å². The molecule has 0 aliphatic rings. The van der Waals surface area contributed by atoms with Crippen LogP contribution in [0.2, 0.25) is 0 Å². The molecule has 0 bridgehead atoms. The van der Waals surface area contributed by atoms with Gasteiger partial charge in [0.1, 0.15) is 5.82 Å². The van der Waals surface area contributed by atoms with Gasteiger partial charge in [0.25, 0.3) is 0 Å². The highest BCUT2D eigenvalue weighted by Gasteiger charge is 2.13. The van der Waals surface area contributed by atoms with Gasteiger partial charge in [-0.3, -0.25) is 0 Å². The van der Waals surface area contributed by atoms with Crippen molar-refractivity contribution in [1.29, 1.82) is 0 Å². The zero-order valence-corrected chi connectivity index (χ0v) is 8.07. The molecule has 7 heteroatoms. The second-order valence-corrected chi connectivity index (χ2v) is 3.13. The SMILES string of the molecule is [N-]=[N+]=NCC(O)Cc1cc(F)c(F)cc1F. The minimum atomic E-state index is -1.29. The fourth-order valence-electron chi connectivity index (χ4n) is 1.17. The van der Waals surface area contributed by atoms with E-state index >= 15 is 0 Å². The molecule has 0 aliphatic carbocycles. The standard InChI is InChI=1S/C9H8F3N3O/c10-7-3-9(12)8(11)2-5(7)1-6(16)4-14-15-13/h2-3,6,16H,1,4H2. The third-order valence-electron chi connectivity index (χ3n) is 1.90. The maximum absolute atomic E-state index is 13.1. The Bertz CT molecular complexity index is 432. The predicted molar refractivity (Wildman–Crippen MR) is 50.0 cm³/mol. The normalized spacial score (nSPS) is 12.0. The summed E-state index contributed by atoms with van der Waals surface area (Å²) in [5, 5.41) is 12.3. The molecule has 86 valence electrons. The lowest BCUT2D eigenvalue weighted by molar-refractivity contribution is 0.182. The quantitative estimate of drug-likeness (QED) is 0.367. The summed E-state index contributed by atoms with van der Waals surface area (Å²) in [6, 6.07) is 1.08. The first-order valence-corrected chi connectivity index (χ1v) is 4.37. The number of benzene rings is 1. The molecular weight excluding hydrogens is 223 g/mol. The first-order chi connectivity index (χ1) is 7.54. The number of aliphatic hydroxyl groups is 1. The maximum atomic E-state index is 13.1. The van der Waals surface area contributed by atoms with Crippen molar-refractivity contribution in [2.24, 2.45) is 5.11 Å². The molecule has 0 spiro atoms. The summed E-state index contributed by atoms with van der Waals surface area (Å²) >= 11 is 0. The summed E-state index contributed by atoms with van der Waals surface area (Å²) < 4.78 is 38.4. The number of hydrogen-bond acceptors (Lipinski definition) is 2. The molecule has 0 saturated carbocycles. The van der Waals surface area contributed by atoms with E-state index in [1.807, 2.05) is 0 Å². The van der Waals surface area contributed by atoms with Crippen LogP contribution in [0.3, 0.4) is 0 Å². The topological polar surface area (TPSA) is 69.0 Å². The molecule has 0 aromatic heterocycles. The Labute approximate surface area is 89.0 Å². The van der Waals surface area contributed by atoms with Crippen molar-refractivity contribution in [3.05, 3.63) is 45.6 Å². The van der Waals surface area contributed by atoms with Crippen molar-refractivity contribution in [2.75, 3.05) is 6.54 Å². The van der Waals surface area contributed by atoms with E-state index in [1.54, 1.807) is 0 Å². The van der Waals surface area contributed by atoms with Gasteiger partial charge in [-0.25, -0.2) is 13.2 Å². The Hall–Kier alpha value is -1.72. The average Bonchev–Trinajstić information content (AvgIpc) is 2.23. The smallest absolute Gasteiger partial charge is 0.161 e. The highest BCUT2D eigenvalue weighted by atomic mass is 19.2. The van der Waals surface area contributed by atoms with Gasteiger partial charge in [0.05, 0.1) is 12.6 Å². The van der Waals surface area contributed by atoms with E-state index in [9.17, 15) is 18.3 Å². The average molecular weight is 231 g/mol. The Morgan fingerprint density at radius 1 is 1.25 bits per heavy atom. The van der Waals surface area contributed by atoms with Crippen LogP contribution < -0.4 is 0 Å². The van der Waals surface area contributed by atoms with Crippen LogP contribution in [-0.2, 0) is 6.42 Å². The van der Waals surface area contributed by atoms with Gasteiger partial charge >= 0.3 is 0 Å². The van der Waals surface area contributed by atoms with Gasteiger partial charge in [0, 0.05) is 17.4 Å². The molecule has 0 radical (unpaired) electrons. The van der Waals surface area contributed by atoms with Gasteiger partial charge in [0.15, 0.2) is 11.6 Å². The lowest BCUT2D eigenvalue weighted by Crippen LogP contribution is -2.15. The highest BCUT2D eigenvalue weighted by molar-refractivity contribution is 5.20. The van der Waals surface area contributed by atoms with Gasteiger partial charge in [-0.2, -0.15) is 0 Å². The van der Waals surface area contributed by atoms with E-state index in [0.29, 0.717) is 12.1 Å². The number of aliphatic hydroxyl groups excluding tert-OH is 1. The third-order valence-corrected chi connectivity index (χ3v) is 1.90. The lowest BCUT2D eigenvalue weighted by atomic mass is 10.1. The van der Waals surface area contributed by atoms with Crippen molar-refractivity contribution < 1.29 is 18.3 Å². The minimum Gasteiger partial charge on any atom is -0.393 e. The summed E-state index contributed by atoms with van der Waals surface area (Å²) in [6.07, 6.45) is -1.38. The number of nitrogens with zero attached hydrogens (tertiary/aromatic N) is 3. The molecule has 1 rings (SSSR count). The Morgan fingerprint density at radius 3 is 2.50 bits per heavy atom. The van der Waals surface area contributed by atoms with Gasteiger partial charge in [-0.05, 0) is 17.2 Å². The van der Waals surface area contributed by atoms with Crippen LogP contribution in [0.1, 0.15) is 5.56 Å².